The zero-order valence-electron chi connectivity index (χ0n) is 17.0. The summed E-state index contributed by atoms with van der Waals surface area (Å²) in [5, 5.41) is 8.21. The first-order valence-corrected chi connectivity index (χ1v) is 9.11. The zero-order valence-corrected chi connectivity index (χ0v) is 17.0. The van der Waals surface area contributed by atoms with Crippen LogP contribution >= 0.6 is 0 Å². The topological polar surface area (TPSA) is 39.1 Å². The van der Waals surface area contributed by atoms with Gasteiger partial charge in [-0.2, -0.15) is 5.10 Å². The minimum Gasteiger partial charge on any atom is -0.488 e. The van der Waals surface area contributed by atoms with E-state index in [-0.39, 0.29) is 11.6 Å². The van der Waals surface area contributed by atoms with Crippen molar-refractivity contribution in [3.8, 4) is 5.75 Å². The minimum atomic E-state index is -0.167. The molecule has 25 heavy (non-hydrogen) atoms. The summed E-state index contributed by atoms with van der Waals surface area (Å²) in [6, 6.07) is 9.06. The van der Waals surface area contributed by atoms with Crippen LogP contribution in [0.25, 0.3) is 0 Å². The molecule has 0 aliphatic heterocycles. The van der Waals surface area contributed by atoms with Gasteiger partial charge >= 0.3 is 0 Å². The van der Waals surface area contributed by atoms with Crippen LogP contribution in [0.5, 0.6) is 5.75 Å². The molecule has 0 spiro atoms. The predicted molar refractivity (Wildman–Crippen MR) is 104 cm³/mol. The van der Waals surface area contributed by atoms with E-state index in [1.807, 2.05) is 11.7 Å². The maximum Gasteiger partial charge on any atom is 0.120 e. The molecule has 0 saturated heterocycles. The second kappa shape index (κ2) is 7.61. The number of hydrogen-bond donors (Lipinski definition) is 1. The number of aryl methyl sites for hydroxylation is 2. The van der Waals surface area contributed by atoms with Crippen molar-refractivity contribution in [3.63, 3.8) is 0 Å². The van der Waals surface area contributed by atoms with Gasteiger partial charge in [-0.05, 0) is 78.1 Å². The van der Waals surface area contributed by atoms with Gasteiger partial charge in [-0.1, -0.05) is 12.1 Å². The van der Waals surface area contributed by atoms with Gasteiger partial charge in [-0.15, -0.1) is 0 Å². The van der Waals surface area contributed by atoms with Gasteiger partial charge in [0.2, 0.25) is 0 Å². The molecule has 0 aliphatic rings. The molecule has 0 fully saturated rings. The number of benzene rings is 1. The lowest BCUT2D eigenvalue weighted by Gasteiger charge is -2.23. The lowest BCUT2D eigenvalue weighted by molar-refractivity contribution is 0.131. The highest BCUT2D eigenvalue weighted by atomic mass is 16.5. The van der Waals surface area contributed by atoms with Crippen LogP contribution in [0.4, 0.5) is 0 Å². The smallest absolute Gasteiger partial charge is 0.120 e. The maximum atomic E-state index is 5.90. The summed E-state index contributed by atoms with van der Waals surface area (Å²) in [7, 11) is 2.01. The summed E-state index contributed by atoms with van der Waals surface area (Å²) in [5.41, 5.74) is 4.84. The van der Waals surface area contributed by atoms with Crippen LogP contribution in [0, 0.1) is 13.8 Å². The highest BCUT2D eigenvalue weighted by molar-refractivity contribution is 5.30. The third-order valence-electron chi connectivity index (χ3n) is 4.51. The molecule has 1 N–H and O–H groups in total. The summed E-state index contributed by atoms with van der Waals surface area (Å²) in [4.78, 5) is 0. The highest BCUT2D eigenvalue weighted by Gasteiger charge is 2.16. The summed E-state index contributed by atoms with van der Waals surface area (Å²) < 4.78 is 7.86. The fourth-order valence-electron chi connectivity index (χ4n) is 3.18. The van der Waals surface area contributed by atoms with E-state index in [4.69, 9.17) is 4.74 Å². The predicted octanol–water partition coefficient (Wildman–Crippen LogP) is 4.50. The number of rotatable bonds is 6. The lowest BCUT2D eigenvalue weighted by atomic mass is 10.0. The van der Waals surface area contributed by atoms with E-state index in [0.29, 0.717) is 6.04 Å². The Balaban J connectivity index is 1.97. The molecule has 0 radical (unpaired) electrons. The Kier molecular flexibility index (Phi) is 5.94. The Bertz CT molecular complexity index is 695. The van der Waals surface area contributed by atoms with Crippen molar-refractivity contribution in [1.82, 2.24) is 15.1 Å². The molecule has 2 aromatic rings. The molecular weight excluding hydrogens is 310 g/mol. The average molecular weight is 344 g/mol. The fraction of sp³-hybridized carbons (Fsp3) is 0.571. The van der Waals surface area contributed by atoms with Crippen molar-refractivity contribution < 1.29 is 4.74 Å². The van der Waals surface area contributed by atoms with Crippen molar-refractivity contribution >= 4 is 0 Å². The van der Waals surface area contributed by atoms with E-state index in [0.717, 1.165) is 17.9 Å². The summed E-state index contributed by atoms with van der Waals surface area (Å²) in [6.45, 7) is 14.9. The number of hydrogen-bond acceptors (Lipinski definition) is 3. The van der Waals surface area contributed by atoms with Crippen LogP contribution in [-0.2, 0) is 13.5 Å². The molecule has 1 aromatic carbocycles. The van der Waals surface area contributed by atoms with Gasteiger partial charge in [0.15, 0.2) is 0 Å². The molecule has 2 atom stereocenters. The number of aromatic nitrogens is 2. The third-order valence-corrected chi connectivity index (χ3v) is 4.51. The molecule has 1 aromatic heterocycles. The van der Waals surface area contributed by atoms with Crippen molar-refractivity contribution in [2.45, 2.75) is 72.6 Å². The van der Waals surface area contributed by atoms with Crippen LogP contribution in [0.3, 0.4) is 0 Å². The minimum absolute atomic E-state index is 0.167. The number of nitrogens with zero attached hydrogens (tertiary/aromatic N) is 2. The Morgan fingerprint density at radius 2 is 1.72 bits per heavy atom. The van der Waals surface area contributed by atoms with Gasteiger partial charge in [0.05, 0.1) is 5.69 Å². The SMILES string of the molecule is Cc1nn(C)c(C)c1C[C@H](C)N[C@@H](C)c1ccc(OC(C)(C)C)cc1. The van der Waals surface area contributed by atoms with E-state index in [1.54, 1.807) is 0 Å². The molecule has 4 heteroatoms. The van der Waals surface area contributed by atoms with E-state index >= 15 is 0 Å². The first-order valence-electron chi connectivity index (χ1n) is 9.11. The zero-order chi connectivity index (χ0) is 18.8. The van der Waals surface area contributed by atoms with E-state index in [9.17, 15) is 0 Å². The quantitative estimate of drug-likeness (QED) is 0.839. The molecule has 0 aliphatic carbocycles. The van der Waals surface area contributed by atoms with Crippen LogP contribution in [0.2, 0.25) is 0 Å². The highest BCUT2D eigenvalue weighted by Crippen LogP contribution is 2.22. The second-order valence-electron chi connectivity index (χ2n) is 8.05. The molecule has 0 saturated carbocycles. The molecule has 4 nitrogen and oxygen atoms in total. The van der Waals surface area contributed by atoms with Crippen molar-refractivity contribution in [2.75, 3.05) is 0 Å². The average Bonchev–Trinajstić information content (AvgIpc) is 2.72. The Morgan fingerprint density at radius 3 is 2.20 bits per heavy atom. The summed E-state index contributed by atoms with van der Waals surface area (Å²) >= 11 is 0. The third kappa shape index (κ3) is 5.33. The van der Waals surface area contributed by atoms with Crippen molar-refractivity contribution in [1.29, 1.82) is 0 Å². The molecule has 0 bridgehead atoms. The number of ether oxygens (including phenoxy) is 1. The van der Waals surface area contributed by atoms with Gasteiger partial charge in [-0.3, -0.25) is 4.68 Å². The molecule has 138 valence electrons. The molecule has 0 unspecified atom stereocenters. The van der Waals surface area contributed by atoms with Crippen LogP contribution in [0.1, 0.15) is 63.2 Å². The summed E-state index contributed by atoms with van der Waals surface area (Å²) in [6.07, 6.45) is 0.987. The molecule has 1 heterocycles. The molecule has 2 rings (SSSR count). The van der Waals surface area contributed by atoms with Gasteiger partial charge in [-0.25, -0.2) is 0 Å². The van der Waals surface area contributed by atoms with E-state index in [2.05, 4.69) is 83.1 Å². The first kappa shape index (κ1) is 19.5. The van der Waals surface area contributed by atoms with Gasteiger partial charge in [0.1, 0.15) is 11.4 Å². The lowest BCUT2D eigenvalue weighted by Crippen LogP contribution is -2.31. The van der Waals surface area contributed by atoms with Gasteiger partial charge < -0.3 is 10.1 Å². The van der Waals surface area contributed by atoms with Crippen LogP contribution in [0.15, 0.2) is 24.3 Å². The van der Waals surface area contributed by atoms with Gasteiger partial charge in [0.25, 0.3) is 0 Å². The molecular formula is C21H33N3O. The maximum absolute atomic E-state index is 5.90. The number of nitrogens with one attached hydrogen (secondary N) is 1. The second-order valence-corrected chi connectivity index (χ2v) is 8.05. The van der Waals surface area contributed by atoms with Gasteiger partial charge in [0, 0.05) is 24.8 Å². The van der Waals surface area contributed by atoms with Crippen molar-refractivity contribution in [2.24, 2.45) is 7.05 Å². The summed E-state index contributed by atoms with van der Waals surface area (Å²) in [5.74, 6) is 0.915. The normalized spacial score (nSPS) is 14.4. The largest absolute Gasteiger partial charge is 0.488 e. The van der Waals surface area contributed by atoms with E-state index < -0.39 is 0 Å². The van der Waals surface area contributed by atoms with Crippen LogP contribution in [-0.4, -0.2) is 21.4 Å². The van der Waals surface area contributed by atoms with E-state index in [1.165, 1.54) is 16.8 Å². The monoisotopic (exact) mass is 343 g/mol. The Labute approximate surface area is 152 Å². The van der Waals surface area contributed by atoms with Crippen LogP contribution < -0.4 is 10.1 Å². The molecule has 0 amide bonds. The Morgan fingerprint density at radius 1 is 1.12 bits per heavy atom. The standard InChI is InChI=1S/C21H33N3O/c1-14(13-20-16(3)23-24(8)17(20)4)22-15(2)18-9-11-19(12-10-18)25-21(5,6)7/h9-12,14-15,22H,13H2,1-8H3/t14-,15-/m0/s1. The Hall–Kier alpha value is -1.81. The fourth-order valence-corrected chi connectivity index (χ4v) is 3.18. The van der Waals surface area contributed by atoms with Crippen molar-refractivity contribution in [3.05, 3.63) is 46.8 Å². The first-order chi connectivity index (χ1) is 11.6.